The largest absolute Gasteiger partial charge is 0.416 e. The van der Waals surface area contributed by atoms with Gasteiger partial charge in [-0.25, -0.2) is 9.40 Å². The van der Waals surface area contributed by atoms with Gasteiger partial charge in [0.25, 0.3) is 0 Å². The lowest BCUT2D eigenvalue weighted by Gasteiger charge is -2.45. The van der Waals surface area contributed by atoms with Gasteiger partial charge < -0.3 is 0 Å². The highest BCUT2D eigenvalue weighted by Crippen LogP contribution is 2.40. The Morgan fingerprint density at radius 2 is 1.76 bits per heavy atom. The van der Waals surface area contributed by atoms with Gasteiger partial charge in [0.05, 0.1) is 11.1 Å². The summed E-state index contributed by atoms with van der Waals surface area (Å²) in [5.41, 5.74) is -0.610. The Hall–Kier alpha value is -1.92. The first kappa shape index (κ1) is 17.9. The van der Waals surface area contributed by atoms with E-state index in [9.17, 15) is 17.6 Å². The van der Waals surface area contributed by atoms with Crippen molar-refractivity contribution in [3.63, 3.8) is 0 Å². The Labute approximate surface area is 144 Å². The molecular weight excluding hydrogens is 332 g/mol. The summed E-state index contributed by atoms with van der Waals surface area (Å²) in [5, 5.41) is 1.66. The number of hydrogen-bond donors (Lipinski definition) is 1. The van der Waals surface area contributed by atoms with E-state index in [1.165, 1.54) is 0 Å². The van der Waals surface area contributed by atoms with E-state index >= 15 is 0 Å². The fourth-order valence-corrected chi connectivity index (χ4v) is 3.61. The van der Waals surface area contributed by atoms with Crippen molar-refractivity contribution in [2.24, 2.45) is 5.84 Å². The molecular formula is C19H20F4N2. The number of rotatable bonds is 3. The Bertz CT molecular complexity index is 730. The van der Waals surface area contributed by atoms with E-state index in [2.05, 4.69) is 0 Å². The summed E-state index contributed by atoms with van der Waals surface area (Å²) in [5.74, 6) is 5.62. The molecule has 6 heteroatoms. The summed E-state index contributed by atoms with van der Waals surface area (Å²) in [4.78, 5) is 0. The predicted molar refractivity (Wildman–Crippen MR) is 88.0 cm³/mol. The number of hydrogen-bond acceptors (Lipinski definition) is 2. The highest BCUT2D eigenvalue weighted by Gasteiger charge is 2.40. The van der Waals surface area contributed by atoms with Crippen molar-refractivity contribution in [3.8, 4) is 0 Å². The molecule has 1 atom stereocenters. The molecule has 2 aromatic carbocycles. The third kappa shape index (κ3) is 3.55. The summed E-state index contributed by atoms with van der Waals surface area (Å²) in [6.45, 7) is 0.621. The van der Waals surface area contributed by atoms with Crippen molar-refractivity contribution in [1.29, 1.82) is 0 Å². The van der Waals surface area contributed by atoms with Crippen molar-refractivity contribution in [2.75, 3.05) is 6.54 Å². The molecule has 0 aromatic heterocycles. The monoisotopic (exact) mass is 352 g/mol. The first-order chi connectivity index (χ1) is 11.8. The first-order valence-corrected chi connectivity index (χ1v) is 8.26. The van der Waals surface area contributed by atoms with E-state index in [1.54, 1.807) is 5.01 Å². The lowest BCUT2D eigenvalue weighted by Crippen LogP contribution is -2.54. The van der Waals surface area contributed by atoms with Crippen LogP contribution in [0.2, 0.25) is 0 Å². The number of nitrogens with zero attached hydrogens (tertiary/aromatic N) is 1. The third-order valence-electron chi connectivity index (χ3n) is 4.96. The number of nitrogens with two attached hydrogens (primary N) is 1. The molecule has 1 unspecified atom stereocenters. The van der Waals surface area contributed by atoms with Crippen LogP contribution in [0.3, 0.4) is 0 Å². The molecule has 3 rings (SSSR count). The Morgan fingerprint density at radius 3 is 2.40 bits per heavy atom. The minimum atomic E-state index is -4.50. The number of alkyl halides is 3. The maximum atomic E-state index is 14.3. The standard InChI is InChI=1S/C19H20F4N2/c20-17-9-8-16(19(21,22)23)12-14(17)13-18(10-4-5-11-25(18)24)15-6-2-1-3-7-15/h1-3,6-9,12H,4-5,10-11,13,24H2. The fourth-order valence-electron chi connectivity index (χ4n) is 3.61. The molecule has 0 saturated carbocycles. The summed E-state index contributed by atoms with van der Waals surface area (Å²) in [6.07, 6.45) is -1.93. The van der Waals surface area contributed by atoms with E-state index < -0.39 is 23.1 Å². The normalized spacial score (nSPS) is 22.1. The molecule has 25 heavy (non-hydrogen) atoms. The smallest absolute Gasteiger partial charge is 0.268 e. The SMILES string of the molecule is NN1CCCCC1(Cc1cc(C(F)(F)F)ccc1F)c1ccccc1. The molecule has 0 bridgehead atoms. The van der Waals surface area contributed by atoms with Gasteiger partial charge in [-0.2, -0.15) is 13.2 Å². The van der Waals surface area contributed by atoms with Gasteiger partial charge in [-0.1, -0.05) is 30.3 Å². The van der Waals surface area contributed by atoms with E-state index in [0.29, 0.717) is 13.0 Å². The Kier molecular flexibility index (Phi) is 4.84. The van der Waals surface area contributed by atoms with Crippen LogP contribution in [0.5, 0.6) is 0 Å². The molecule has 1 aliphatic rings. The number of piperidine rings is 1. The van der Waals surface area contributed by atoms with E-state index in [0.717, 1.165) is 36.6 Å². The molecule has 0 radical (unpaired) electrons. The van der Waals surface area contributed by atoms with Crippen molar-refractivity contribution in [2.45, 2.75) is 37.4 Å². The molecule has 1 heterocycles. The van der Waals surface area contributed by atoms with E-state index in [-0.39, 0.29) is 12.0 Å². The third-order valence-corrected chi connectivity index (χ3v) is 4.96. The van der Waals surface area contributed by atoms with E-state index in [4.69, 9.17) is 5.84 Å². The van der Waals surface area contributed by atoms with Gasteiger partial charge in [-0.05, 0) is 55.0 Å². The number of benzene rings is 2. The zero-order chi connectivity index (χ0) is 18.1. The van der Waals surface area contributed by atoms with Crippen LogP contribution in [0.4, 0.5) is 17.6 Å². The zero-order valence-corrected chi connectivity index (χ0v) is 13.7. The van der Waals surface area contributed by atoms with Crippen LogP contribution >= 0.6 is 0 Å². The van der Waals surface area contributed by atoms with E-state index in [1.807, 2.05) is 30.3 Å². The lowest BCUT2D eigenvalue weighted by atomic mass is 9.77. The summed E-state index contributed by atoms with van der Waals surface area (Å²) in [6, 6.07) is 12.0. The number of halogens is 4. The molecule has 1 aliphatic heterocycles. The highest BCUT2D eigenvalue weighted by atomic mass is 19.4. The molecule has 2 N–H and O–H groups in total. The molecule has 1 fully saturated rings. The molecule has 0 amide bonds. The average Bonchev–Trinajstić information content (AvgIpc) is 2.58. The van der Waals surface area contributed by atoms with Crippen LogP contribution in [-0.2, 0) is 18.1 Å². The van der Waals surface area contributed by atoms with Crippen molar-refractivity contribution < 1.29 is 17.6 Å². The van der Waals surface area contributed by atoms with Gasteiger partial charge in [0.2, 0.25) is 0 Å². The van der Waals surface area contributed by atoms with Crippen molar-refractivity contribution in [3.05, 3.63) is 71.0 Å². The van der Waals surface area contributed by atoms with Gasteiger partial charge in [-0.3, -0.25) is 5.84 Å². The second kappa shape index (κ2) is 6.77. The average molecular weight is 352 g/mol. The second-order valence-corrected chi connectivity index (χ2v) is 6.53. The summed E-state index contributed by atoms with van der Waals surface area (Å²) in [7, 11) is 0. The summed E-state index contributed by atoms with van der Waals surface area (Å²) >= 11 is 0. The van der Waals surface area contributed by atoms with Crippen LogP contribution in [0.1, 0.15) is 36.0 Å². The minimum absolute atomic E-state index is 0.0380. The van der Waals surface area contributed by atoms with Crippen molar-refractivity contribution in [1.82, 2.24) is 5.01 Å². The molecule has 2 nitrogen and oxygen atoms in total. The van der Waals surface area contributed by atoms with Crippen LogP contribution in [0.25, 0.3) is 0 Å². The fraction of sp³-hybridized carbons (Fsp3) is 0.368. The molecule has 1 saturated heterocycles. The molecule has 134 valence electrons. The van der Waals surface area contributed by atoms with Gasteiger partial charge in [0.15, 0.2) is 0 Å². The number of hydrazine groups is 1. The predicted octanol–water partition coefficient (Wildman–Crippen LogP) is 4.64. The van der Waals surface area contributed by atoms with Crippen LogP contribution < -0.4 is 5.84 Å². The minimum Gasteiger partial charge on any atom is -0.268 e. The van der Waals surface area contributed by atoms with Gasteiger partial charge in [0, 0.05) is 6.54 Å². The maximum absolute atomic E-state index is 14.3. The molecule has 0 spiro atoms. The molecule has 2 aromatic rings. The van der Waals surface area contributed by atoms with Crippen LogP contribution in [-0.4, -0.2) is 11.6 Å². The topological polar surface area (TPSA) is 29.3 Å². The van der Waals surface area contributed by atoms with Crippen LogP contribution in [0, 0.1) is 5.82 Å². The second-order valence-electron chi connectivity index (χ2n) is 6.53. The zero-order valence-electron chi connectivity index (χ0n) is 13.7. The molecule has 0 aliphatic carbocycles. The van der Waals surface area contributed by atoms with Crippen molar-refractivity contribution >= 4 is 0 Å². The van der Waals surface area contributed by atoms with Gasteiger partial charge in [-0.15, -0.1) is 0 Å². The highest BCUT2D eigenvalue weighted by molar-refractivity contribution is 5.33. The Balaban J connectivity index is 2.05. The summed E-state index contributed by atoms with van der Waals surface area (Å²) < 4.78 is 53.3. The van der Waals surface area contributed by atoms with Gasteiger partial charge >= 0.3 is 6.18 Å². The first-order valence-electron chi connectivity index (χ1n) is 8.26. The van der Waals surface area contributed by atoms with Gasteiger partial charge in [0.1, 0.15) is 5.82 Å². The van der Waals surface area contributed by atoms with Crippen LogP contribution in [0.15, 0.2) is 48.5 Å². The maximum Gasteiger partial charge on any atom is 0.416 e. The lowest BCUT2D eigenvalue weighted by molar-refractivity contribution is -0.137. The Morgan fingerprint density at radius 1 is 1.04 bits per heavy atom. The quantitative estimate of drug-likeness (QED) is 0.644.